The number of amides is 2. The molecular formula is C24H26N2O5. The Kier molecular flexibility index (Phi) is 5.93. The topological polar surface area (TPSA) is 105 Å². The van der Waals surface area contributed by atoms with Gasteiger partial charge in [0, 0.05) is 5.92 Å². The molecule has 7 heteroatoms. The van der Waals surface area contributed by atoms with Crippen LogP contribution in [0.2, 0.25) is 0 Å². The van der Waals surface area contributed by atoms with Gasteiger partial charge in [-0.05, 0) is 47.4 Å². The van der Waals surface area contributed by atoms with Crippen molar-refractivity contribution in [3.63, 3.8) is 0 Å². The summed E-state index contributed by atoms with van der Waals surface area (Å²) in [6.45, 7) is 1.90. The number of carbonyl (C=O) groups is 3. The van der Waals surface area contributed by atoms with Crippen molar-refractivity contribution < 1.29 is 24.2 Å². The number of benzene rings is 2. The monoisotopic (exact) mass is 422 g/mol. The van der Waals surface area contributed by atoms with Crippen LogP contribution in [0.15, 0.2) is 48.5 Å². The number of alkyl carbamates (subject to hydrolysis) is 1. The van der Waals surface area contributed by atoms with Crippen LogP contribution < -0.4 is 10.6 Å². The van der Waals surface area contributed by atoms with E-state index in [9.17, 15) is 19.5 Å². The molecule has 2 aliphatic carbocycles. The molecule has 31 heavy (non-hydrogen) atoms. The average molecular weight is 422 g/mol. The first-order valence-electron chi connectivity index (χ1n) is 10.6. The van der Waals surface area contributed by atoms with Crippen LogP contribution in [0.3, 0.4) is 0 Å². The molecule has 2 atom stereocenters. The van der Waals surface area contributed by atoms with Gasteiger partial charge in [0.05, 0.1) is 0 Å². The second-order valence-electron chi connectivity index (χ2n) is 8.09. The van der Waals surface area contributed by atoms with Crippen molar-refractivity contribution in [3.8, 4) is 11.1 Å². The standard InChI is InChI=1S/C24H26N2O5/c1-2-20(22(27)26-21(23(28)29)14-11-12-14)25-24(30)31-13-19-17-9-5-3-7-15(17)16-8-4-6-10-18(16)19/h3-10,14,19-21H,2,11-13H2,1H3,(H,25,30)(H,26,27)(H,28,29)/t20-,21?/m1/s1. The largest absolute Gasteiger partial charge is 0.480 e. The van der Waals surface area contributed by atoms with Gasteiger partial charge in [-0.2, -0.15) is 0 Å². The molecule has 1 fully saturated rings. The van der Waals surface area contributed by atoms with Crippen LogP contribution in [0.5, 0.6) is 0 Å². The molecule has 0 saturated heterocycles. The number of ether oxygens (including phenoxy) is 1. The molecule has 1 unspecified atom stereocenters. The number of hydrogen-bond acceptors (Lipinski definition) is 4. The molecular weight excluding hydrogens is 396 g/mol. The molecule has 2 aliphatic rings. The van der Waals surface area contributed by atoms with Gasteiger partial charge in [-0.25, -0.2) is 9.59 Å². The Labute approximate surface area is 180 Å². The first kappa shape index (κ1) is 20.9. The summed E-state index contributed by atoms with van der Waals surface area (Å²) in [5, 5.41) is 14.4. The molecule has 162 valence electrons. The molecule has 0 radical (unpaired) electrons. The first-order chi connectivity index (χ1) is 15.0. The lowest BCUT2D eigenvalue weighted by atomic mass is 9.98. The van der Waals surface area contributed by atoms with Crippen LogP contribution in [-0.4, -0.2) is 41.8 Å². The van der Waals surface area contributed by atoms with Gasteiger partial charge in [-0.15, -0.1) is 0 Å². The highest BCUT2D eigenvalue weighted by molar-refractivity contribution is 5.89. The van der Waals surface area contributed by atoms with Crippen LogP contribution in [-0.2, 0) is 14.3 Å². The number of nitrogens with one attached hydrogen (secondary N) is 2. The van der Waals surface area contributed by atoms with Gasteiger partial charge in [0.15, 0.2) is 0 Å². The fourth-order valence-electron chi connectivity index (χ4n) is 4.20. The molecule has 0 heterocycles. The summed E-state index contributed by atoms with van der Waals surface area (Å²) in [4.78, 5) is 36.3. The molecule has 0 spiro atoms. The Morgan fingerprint density at radius 2 is 1.58 bits per heavy atom. The van der Waals surface area contributed by atoms with Crippen molar-refractivity contribution in [2.24, 2.45) is 5.92 Å². The summed E-state index contributed by atoms with van der Waals surface area (Å²) in [6.07, 6.45) is 1.21. The van der Waals surface area contributed by atoms with Crippen molar-refractivity contribution >= 4 is 18.0 Å². The molecule has 3 N–H and O–H groups in total. The second kappa shape index (κ2) is 8.79. The van der Waals surface area contributed by atoms with E-state index >= 15 is 0 Å². The van der Waals surface area contributed by atoms with Crippen LogP contribution in [0.4, 0.5) is 4.79 Å². The molecule has 0 aromatic heterocycles. The van der Waals surface area contributed by atoms with Gasteiger partial charge in [0.2, 0.25) is 5.91 Å². The minimum absolute atomic E-state index is 0.0339. The number of rotatable bonds is 8. The number of hydrogen-bond donors (Lipinski definition) is 3. The second-order valence-corrected chi connectivity index (χ2v) is 8.09. The Hall–Kier alpha value is -3.35. The minimum atomic E-state index is -1.05. The normalized spacial score (nSPS) is 16.5. The average Bonchev–Trinajstić information content (AvgIpc) is 3.56. The van der Waals surface area contributed by atoms with Gasteiger partial charge in [0.25, 0.3) is 0 Å². The maximum atomic E-state index is 12.5. The van der Waals surface area contributed by atoms with Gasteiger partial charge in [0.1, 0.15) is 18.7 Å². The fraction of sp³-hybridized carbons (Fsp3) is 0.375. The molecule has 4 rings (SSSR count). The zero-order chi connectivity index (χ0) is 22.0. The van der Waals surface area contributed by atoms with E-state index in [2.05, 4.69) is 22.8 Å². The third-order valence-electron chi connectivity index (χ3n) is 6.02. The lowest BCUT2D eigenvalue weighted by Crippen LogP contribution is -2.52. The van der Waals surface area contributed by atoms with Crippen molar-refractivity contribution in [1.29, 1.82) is 0 Å². The number of carboxylic acid groups (broad SMARTS) is 1. The summed E-state index contributed by atoms with van der Waals surface area (Å²) < 4.78 is 5.49. The third kappa shape index (κ3) is 4.40. The smallest absolute Gasteiger partial charge is 0.407 e. The Morgan fingerprint density at radius 3 is 2.10 bits per heavy atom. The summed E-state index contributed by atoms with van der Waals surface area (Å²) in [6, 6.07) is 14.3. The first-order valence-corrected chi connectivity index (χ1v) is 10.6. The van der Waals surface area contributed by atoms with E-state index in [-0.39, 0.29) is 18.4 Å². The van der Waals surface area contributed by atoms with Gasteiger partial charge in [-0.3, -0.25) is 4.79 Å². The van der Waals surface area contributed by atoms with E-state index in [4.69, 9.17) is 4.74 Å². The van der Waals surface area contributed by atoms with Gasteiger partial charge in [-0.1, -0.05) is 55.5 Å². The third-order valence-corrected chi connectivity index (χ3v) is 6.02. The number of carboxylic acids is 1. The Balaban J connectivity index is 1.37. The summed E-state index contributed by atoms with van der Waals surface area (Å²) >= 11 is 0. The molecule has 2 aromatic rings. The fourth-order valence-corrected chi connectivity index (χ4v) is 4.20. The van der Waals surface area contributed by atoms with Crippen LogP contribution >= 0.6 is 0 Å². The van der Waals surface area contributed by atoms with Crippen molar-refractivity contribution in [1.82, 2.24) is 10.6 Å². The summed E-state index contributed by atoms with van der Waals surface area (Å²) in [5.74, 6) is -1.66. The van der Waals surface area contributed by atoms with Crippen molar-refractivity contribution in [3.05, 3.63) is 59.7 Å². The van der Waals surface area contributed by atoms with E-state index < -0.39 is 30.1 Å². The lowest BCUT2D eigenvalue weighted by Gasteiger charge is -2.21. The Bertz CT molecular complexity index is 955. The maximum absolute atomic E-state index is 12.5. The zero-order valence-corrected chi connectivity index (χ0v) is 17.3. The highest BCUT2D eigenvalue weighted by atomic mass is 16.5. The van der Waals surface area contributed by atoms with Crippen LogP contribution in [0.25, 0.3) is 11.1 Å². The zero-order valence-electron chi connectivity index (χ0n) is 17.3. The van der Waals surface area contributed by atoms with Crippen molar-refractivity contribution in [2.45, 2.75) is 44.2 Å². The molecule has 7 nitrogen and oxygen atoms in total. The molecule has 0 aliphatic heterocycles. The highest BCUT2D eigenvalue weighted by Crippen LogP contribution is 2.44. The summed E-state index contributed by atoms with van der Waals surface area (Å²) in [5.41, 5.74) is 4.49. The SMILES string of the molecule is CC[C@@H](NC(=O)OCC1c2ccccc2-c2ccccc21)C(=O)NC(C(=O)O)C1CC1. The molecule has 2 aromatic carbocycles. The molecule has 1 saturated carbocycles. The lowest BCUT2D eigenvalue weighted by molar-refractivity contribution is -0.142. The number of aliphatic carboxylic acids is 1. The Morgan fingerprint density at radius 1 is 1.00 bits per heavy atom. The predicted molar refractivity (Wildman–Crippen MR) is 115 cm³/mol. The minimum Gasteiger partial charge on any atom is -0.480 e. The van der Waals surface area contributed by atoms with Crippen LogP contribution in [0.1, 0.15) is 43.2 Å². The van der Waals surface area contributed by atoms with E-state index in [0.29, 0.717) is 6.42 Å². The number of fused-ring (bicyclic) bond motifs is 3. The maximum Gasteiger partial charge on any atom is 0.407 e. The van der Waals surface area contributed by atoms with E-state index in [1.165, 1.54) is 0 Å². The predicted octanol–water partition coefficient (Wildman–Crippen LogP) is 3.28. The van der Waals surface area contributed by atoms with E-state index in [1.807, 2.05) is 36.4 Å². The van der Waals surface area contributed by atoms with E-state index in [1.54, 1.807) is 6.92 Å². The molecule has 2 amide bonds. The summed E-state index contributed by atoms with van der Waals surface area (Å²) in [7, 11) is 0. The quantitative estimate of drug-likeness (QED) is 0.606. The molecule has 0 bridgehead atoms. The van der Waals surface area contributed by atoms with Crippen LogP contribution in [0, 0.1) is 5.92 Å². The number of carbonyl (C=O) groups excluding carboxylic acids is 2. The van der Waals surface area contributed by atoms with Gasteiger partial charge >= 0.3 is 12.1 Å². The van der Waals surface area contributed by atoms with Gasteiger partial charge < -0.3 is 20.5 Å². The van der Waals surface area contributed by atoms with Crippen molar-refractivity contribution in [2.75, 3.05) is 6.61 Å². The highest BCUT2D eigenvalue weighted by Gasteiger charge is 2.38. The van der Waals surface area contributed by atoms with E-state index in [0.717, 1.165) is 35.1 Å².